The topological polar surface area (TPSA) is 447 Å². The first kappa shape index (κ1) is 92.0. The fourth-order valence-corrected chi connectivity index (χ4v) is 13.9. The van der Waals surface area contributed by atoms with Crippen molar-refractivity contribution < 1.29 is 38.1 Å². The van der Waals surface area contributed by atoms with Gasteiger partial charge in [0.2, 0.25) is 11.9 Å². The number of alkyl carbamates (subject to hydrolysis) is 1. The predicted octanol–water partition coefficient (Wildman–Crippen LogP) is 15.7. The molecule has 0 fully saturated rings. The summed E-state index contributed by atoms with van der Waals surface area (Å²) < 4.78 is 24.5. The number of nitrogens with zero attached hydrogens (tertiary/aromatic N) is 12. The predicted molar refractivity (Wildman–Crippen MR) is 490 cm³/mol. The van der Waals surface area contributed by atoms with Gasteiger partial charge in [0.05, 0.1) is 117 Å². The lowest BCUT2D eigenvalue weighted by molar-refractivity contribution is 0.0496. The molecule has 14 rings (SSSR count). The van der Waals surface area contributed by atoms with Crippen LogP contribution in [0.15, 0.2) is 233 Å². The van der Waals surface area contributed by atoms with Crippen LogP contribution in [-0.2, 0) is 38.6 Å². The highest BCUT2D eigenvalue weighted by atomic mass is 35.5. The number of amides is 1. The second-order valence-corrected chi connectivity index (χ2v) is 30.1. The minimum atomic E-state index is -0.668. The first-order valence-corrected chi connectivity index (χ1v) is 40.8. The van der Waals surface area contributed by atoms with Gasteiger partial charge in [-0.1, -0.05) is 142 Å². The molecule has 0 spiro atoms. The molecule has 0 saturated heterocycles. The molecule has 31 nitrogen and oxygen atoms in total. The van der Waals surface area contributed by atoms with Crippen LogP contribution in [0.3, 0.4) is 0 Å². The molecule has 14 aromatic rings. The van der Waals surface area contributed by atoms with E-state index in [4.69, 9.17) is 68.0 Å². The summed E-state index contributed by atoms with van der Waals surface area (Å²) in [5, 5.41) is 36.0. The number of anilines is 6. The number of nitrogen functional groups attached to an aromatic ring is 2. The van der Waals surface area contributed by atoms with Crippen LogP contribution in [-0.4, -0.2) is 99.5 Å². The first-order valence-electron chi connectivity index (χ1n) is 40.5. The molecule has 32 heteroatoms. The van der Waals surface area contributed by atoms with Crippen molar-refractivity contribution in [2.45, 2.75) is 118 Å². The molecule has 5 aromatic heterocycles. The van der Waals surface area contributed by atoms with E-state index in [0.29, 0.717) is 146 Å². The number of esters is 3. The molecule has 3 atom stereocenters. The van der Waals surface area contributed by atoms with Gasteiger partial charge >= 0.3 is 24.0 Å². The molecule has 0 aliphatic rings. The second kappa shape index (κ2) is 42.4. The maximum atomic E-state index is 14.3. The number of hydrogen-bond acceptors (Lipinski definition) is 27. The lowest BCUT2D eigenvalue weighted by atomic mass is 10.1. The zero-order valence-corrected chi connectivity index (χ0v) is 72.5. The third kappa shape index (κ3) is 22.4. The highest BCUT2D eigenvalue weighted by molar-refractivity contribution is 6.30. The van der Waals surface area contributed by atoms with Crippen LogP contribution in [0, 0.1) is 36.5 Å². The Labute approximate surface area is 736 Å². The second-order valence-electron chi connectivity index (χ2n) is 29.7. The number of fused-ring (bicyclic) bond motifs is 3. The van der Waals surface area contributed by atoms with Crippen molar-refractivity contribution in [3.8, 4) is 29.2 Å². The number of aromatic nitrogens is 10. The standard InChI is InChI=1S/C32H30N8O3.C31H34N4O5.C26H26N4O3.C6H5ClN4/c1-4-24(37-28-23(17-33)19(2)36-32(34)39-28)29-38-26-12-8-11-25(27(26)30(41)40(29)22-9-6-5-7-10-22)35-18-20-13-15-21(16-14-20)31(42)43-3;1-6-23(34-30(38)40-31(2,3)4)27-33-25-14-10-13-24(26(25)28(36)35(27)22-11-8-7-9-12-22)32-19-20-15-17-21(18-16-20)29(37)39-5;1-3-20(27)24-29-22-11-7-10-21(23(22)25(31)30(24)19-8-5-4-6-9-19)28-16-17-12-14-18(15-13-17)26(32)33-2;1-3-4(2-8)5(7)11-6(9)10-3/h5-16,24,35H,4,18H2,1-3H3,(H3,34,36,37,39);7-18,23,32H,6,19H2,1-5H3,(H,34,38);4-15,20,28H,3,16,27H2,1-2H3;1H3,(H2,9,10,11)/t24-;23-;20-;/m000./s1. The molecule has 127 heavy (non-hydrogen) atoms. The highest BCUT2D eigenvalue weighted by Crippen LogP contribution is 2.32. The molecule has 1 amide bonds. The van der Waals surface area contributed by atoms with E-state index < -0.39 is 35.7 Å². The van der Waals surface area contributed by atoms with Crippen molar-refractivity contribution in [3.63, 3.8) is 0 Å². The van der Waals surface area contributed by atoms with Gasteiger partial charge in [0.25, 0.3) is 16.7 Å². The summed E-state index contributed by atoms with van der Waals surface area (Å²) in [5.41, 5.74) is 27.4. The first-order chi connectivity index (χ1) is 61.1. The Bertz CT molecular complexity index is 6580. The van der Waals surface area contributed by atoms with E-state index >= 15 is 0 Å². The van der Waals surface area contributed by atoms with E-state index in [9.17, 15) is 38.8 Å². The summed E-state index contributed by atoms with van der Waals surface area (Å²) in [6, 6.07) is 68.2. The summed E-state index contributed by atoms with van der Waals surface area (Å²) in [6.07, 6.45) is 1.09. The largest absolute Gasteiger partial charge is 0.465 e. The molecule has 0 radical (unpaired) electrons. The monoisotopic (exact) mass is 1730 g/mol. The van der Waals surface area contributed by atoms with Gasteiger partial charge < -0.3 is 62.7 Å². The van der Waals surface area contributed by atoms with Crippen LogP contribution >= 0.6 is 11.6 Å². The Hall–Kier alpha value is -15.7. The van der Waals surface area contributed by atoms with E-state index in [1.54, 1.807) is 96.9 Å². The van der Waals surface area contributed by atoms with Gasteiger partial charge in [-0.05, 0) is 180 Å². The molecule has 9 aromatic carbocycles. The van der Waals surface area contributed by atoms with Crippen molar-refractivity contribution >= 4 is 103 Å². The van der Waals surface area contributed by atoms with E-state index in [0.717, 1.165) is 22.4 Å². The summed E-state index contributed by atoms with van der Waals surface area (Å²) in [5.74, 6) is 0.634. The molecular weight excluding hydrogens is 1630 g/mol. The number of benzene rings is 9. The van der Waals surface area contributed by atoms with Crippen molar-refractivity contribution in [1.82, 2.24) is 53.9 Å². The van der Waals surface area contributed by atoms with Crippen LogP contribution < -0.4 is 60.5 Å². The number of halogens is 1. The summed E-state index contributed by atoms with van der Waals surface area (Å²) >= 11 is 5.58. The Morgan fingerprint density at radius 1 is 0.441 bits per heavy atom. The molecule has 0 bridgehead atoms. The number of ether oxygens (including phenoxy) is 4. The third-order valence-electron chi connectivity index (χ3n) is 20.0. The van der Waals surface area contributed by atoms with Crippen LogP contribution in [0.25, 0.3) is 49.8 Å². The maximum absolute atomic E-state index is 14.3. The van der Waals surface area contributed by atoms with Gasteiger partial charge in [-0.2, -0.15) is 20.5 Å². The number of nitrogens with one attached hydrogen (secondary N) is 5. The Kier molecular flexibility index (Phi) is 30.7. The Morgan fingerprint density at radius 3 is 1.11 bits per heavy atom. The minimum Gasteiger partial charge on any atom is -0.465 e. The number of nitrogens with two attached hydrogens (primary N) is 3. The summed E-state index contributed by atoms with van der Waals surface area (Å²) in [4.78, 5) is 120. The Balaban J connectivity index is 0.000000175. The minimum absolute atomic E-state index is 0.0384. The number of para-hydroxylation sites is 3. The maximum Gasteiger partial charge on any atom is 0.408 e. The molecular formula is C95H95ClN20O11. The highest BCUT2D eigenvalue weighted by Gasteiger charge is 2.29. The normalized spacial score (nSPS) is 11.6. The van der Waals surface area contributed by atoms with E-state index in [1.807, 2.05) is 197 Å². The van der Waals surface area contributed by atoms with Gasteiger partial charge in [0.1, 0.15) is 52.2 Å². The van der Waals surface area contributed by atoms with Gasteiger partial charge in [-0.15, -0.1) is 0 Å². The number of hydrogen-bond donors (Lipinski definition) is 8. The SMILES string of the molecule is CC[C@H](N)c1nc2cccc(NCc3ccc(C(=O)OC)cc3)c2c(=O)n1-c1ccccc1.CC[C@H](NC(=O)OC(C)(C)C)c1nc2cccc(NCc3ccc(C(=O)OC)cc3)c2c(=O)n1-c1ccccc1.CC[C@H](Nc1nc(N)nc(C)c1C#N)c1nc2cccc(NCc3ccc(C(=O)OC)cc3)c2c(=O)n1-c1ccccc1.Cc1nc(N)nc(Cl)c1C#N. The van der Waals surface area contributed by atoms with Gasteiger partial charge in [-0.25, -0.2) is 44.1 Å². The van der Waals surface area contributed by atoms with E-state index in [1.165, 1.54) is 21.3 Å². The molecule has 0 aliphatic heterocycles. The lowest BCUT2D eigenvalue weighted by Crippen LogP contribution is -2.37. The van der Waals surface area contributed by atoms with Gasteiger partial charge in [0, 0.05) is 36.7 Å². The average molecular weight is 1730 g/mol. The zero-order chi connectivity index (χ0) is 91.2. The van der Waals surface area contributed by atoms with Crippen molar-refractivity contribution in [3.05, 3.63) is 328 Å². The smallest absolute Gasteiger partial charge is 0.408 e. The molecule has 5 heterocycles. The fourth-order valence-electron chi connectivity index (χ4n) is 13.6. The molecule has 648 valence electrons. The zero-order valence-electron chi connectivity index (χ0n) is 71.7. The van der Waals surface area contributed by atoms with Crippen molar-refractivity contribution in [1.29, 1.82) is 10.5 Å². The lowest BCUT2D eigenvalue weighted by Gasteiger charge is -2.25. The van der Waals surface area contributed by atoms with Gasteiger partial charge in [0.15, 0.2) is 5.15 Å². The quantitative estimate of drug-likeness (QED) is 0.0158. The Morgan fingerprint density at radius 2 is 0.780 bits per heavy atom. The van der Waals surface area contributed by atoms with E-state index in [-0.39, 0.29) is 62.7 Å². The average Bonchev–Trinajstić information content (AvgIpc) is 0.765. The van der Waals surface area contributed by atoms with Crippen molar-refractivity contribution in [2.24, 2.45) is 5.73 Å². The van der Waals surface area contributed by atoms with Crippen molar-refractivity contribution in [2.75, 3.05) is 54.1 Å². The van der Waals surface area contributed by atoms with Crippen LogP contribution in [0.1, 0.15) is 167 Å². The number of carbonyl (C=O) groups is 4. The van der Waals surface area contributed by atoms with Crippen LogP contribution in [0.2, 0.25) is 5.15 Å². The fraction of sp³-hybridized carbons (Fsp3) is 0.221. The van der Waals surface area contributed by atoms with Crippen LogP contribution in [0.4, 0.5) is 39.6 Å². The number of methoxy groups -OCH3 is 3. The molecule has 11 N–H and O–H groups in total. The number of aryl methyl sites for hydroxylation is 2. The van der Waals surface area contributed by atoms with Gasteiger partial charge in [-0.3, -0.25) is 28.1 Å². The van der Waals surface area contributed by atoms with E-state index in [2.05, 4.69) is 52.6 Å². The molecule has 0 saturated carbocycles. The molecule has 0 unspecified atom stereocenters. The third-order valence-corrected chi connectivity index (χ3v) is 20.3. The summed E-state index contributed by atoms with van der Waals surface area (Å²) in [7, 11) is 4.04. The number of rotatable bonds is 24. The number of carbonyl (C=O) groups excluding carboxylic acids is 4. The van der Waals surface area contributed by atoms with Crippen LogP contribution in [0.5, 0.6) is 0 Å². The summed E-state index contributed by atoms with van der Waals surface area (Å²) in [6.45, 7) is 15.9. The molecule has 0 aliphatic carbocycles. The number of nitriles is 2.